The Morgan fingerprint density at radius 1 is 1.14 bits per heavy atom. The Hall–Kier alpha value is -0.930. The molecular formula is C18H29O8PS. The zero-order valence-corrected chi connectivity index (χ0v) is 17.7. The lowest BCUT2D eigenvalue weighted by Crippen LogP contribution is -2.22. The van der Waals surface area contributed by atoms with Crippen molar-refractivity contribution in [3.8, 4) is 0 Å². The van der Waals surface area contributed by atoms with Gasteiger partial charge in [0.1, 0.15) is 6.10 Å². The molecule has 2 atom stereocenters. The van der Waals surface area contributed by atoms with Gasteiger partial charge < -0.3 is 19.7 Å². The van der Waals surface area contributed by atoms with Gasteiger partial charge in [-0.25, -0.2) is 9.36 Å². The summed E-state index contributed by atoms with van der Waals surface area (Å²) in [6, 6.07) is 8.79. The fourth-order valence-corrected chi connectivity index (χ4v) is 5.72. The number of ether oxygens (including phenoxy) is 2. The first kappa shape index (κ1) is 25.1. The molecule has 1 rings (SSSR count). The van der Waals surface area contributed by atoms with E-state index in [9.17, 15) is 14.5 Å². The highest BCUT2D eigenvalue weighted by Crippen LogP contribution is 2.61. The summed E-state index contributed by atoms with van der Waals surface area (Å²) in [5, 5.41) is 18.2. The SMILES string of the molecule is COCC(CO)OP(=O)(OCCO)SCCCCCOC(=O)c1ccccc1. The smallest absolute Gasteiger partial charge is 0.389 e. The molecule has 0 aliphatic rings. The van der Waals surface area contributed by atoms with Crippen molar-refractivity contribution < 1.29 is 38.1 Å². The Kier molecular flexibility index (Phi) is 13.4. The van der Waals surface area contributed by atoms with Crippen LogP contribution in [0.3, 0.4) is 0 Å². The van der Waals surface area contributed by atoms with Crippen LogP contribution in [-0.2, 0) is 23.1 Å². The van der Waals surface area contributed by atoms with Crippen LogP contribution in [0.1, 0.15) is 29.6 Å². The maximum absolute atomic E-state index is 12.7. The number of benzene rings is 1. The van der Waals surface area contributed by atoms with Crippen molar-refractivity contribution in [3.05, 3.63) is 35.9 Å². The molecule has 0 aromatic heterocycles. The van der Waals surface area contributed by atoms with E-state index in [0.717, 1.165) is 24.2 Å². The number of aliphatic hydroxyl groups excluding tert-OH is 2. The summed E-state index contributed by atoms with van der Waals surface area (Å²) in [7, 11) is 1.45. The van der Waals surface area contributed by atoms with Gasteiger partial charge in [-0.2, -0.15) is 0 Å². The van der Waals surface area contributed by atoms with Crippen molar-refractivity contribution in [1.82, 2.24) is 0 Å². The predicted octanol–water partition coefficient (Wildman–Crippen LogP) is 2.89. The first-order chi connectivity index (χ1) is 13.5. The highest BCUT2D eigenvalue weighted by molar-refractivity contribution is 8.55. The predicted molar refractivity (Wildman–Crippen MR) is 108 cm³/mol. The van der Waals surface area contributed by atoms with E-state index < -0.39 is 12.9 Å². The number of hydrogen-bond acceptors (Lipinski definition) is 9. The summed E-state index contributed by atoms with van der Waals surface area (Å²) in [5.74, 6) is 0.152. The molecule has 0 bridgehead atoms. The van der Waals surface area contributed by atoms with Gasteiger partial charge in [0.15, 0.2) is 0 Å². The van der Waals surface area contributed by atoms with E-state index in [2.05, 4.69) is 0 Å². The minimum Gasteiger partial charge on any atom is -0.462 e. The number of carbonyl (C=O) groups is 1. The summed E-state index contributed by atoms with van der Waals surface area (Å²) in [6.45, 7) is -3.88. The van der Waals surface area contributed by atoms with Crippen molar-refractivity contribution >= 4 is 24.1 Å². The average Bonchev–Trinajstić information content (AvgIpc) is 2.71. The molecule has 0 spiro atoms. The zero-order valence-electron chi connectivity index (χ0n) is 16.0. The second-order valence-corrected chi connectivity index (χ2v) is 9.91. The molecule has 0 radical (unpaired) electrons. The fourth-order valence-electron chi connectivity index (χ4n) is 2.12. The molecule has 0 heterocycles. The van der Waals surface area contributed by atoms with E-state index in [1.165, 1.54) is 7.11 Å². The van der Waals surface area contributed by atoms with Gasteiger partial charge in [0.25, 0.3) is 0 Å². The summed E-state index contributed by atoms with van der Waals surface area (Å²) in [6.07, 6.45) is 1.41. The summed E-state index contributed by atoms with van der Waals surface area (Å²) in [5.41, 5.74) is 0.520. The molecule has 1 aromatic carbocycles. The molecule has 0 saturated carbocycles. The standard InChI is InChI=1S/C18H29O8PS/c1-23-15-17(14-20)26-27(22,25-12-10-19)28-13-7-3-6-11-24-18(21)16-8-4-2-5-9-16/h2,4-5,8-9,17,19-20H,3,6-7,10-15H2,1H3. The zero-order chi connectivity index (χ0) is 20.7. The molecule has 0 fully saturated rings. The van der Waals surface area contributed by atoms with Crippen molar-refractivity contribution in [2.45, 2.75) is 25.4 Å². The minimum absolute atomic E-state index is 0.0797. The largest absolute Gasteiger partial charge is 0.462 e. The molecule has 2 unspecified atom stereocenters. The molecule has 0 aliphatic carbocycles. The Morgan fingerprint density at radius 2 is 1.89 bits per heavy atom. The topological polar surface area (TPSA) is 112 Å². The van der Waals surface area contributed by atoms with Crippen LogP contribution in [0.5, 0.6) is 0 Å². The van der Waals surface area contributed by atoms with Gasteiger partial charge in [-0.3, -0.25) is 9.05 Å². The van der Waals surface area contributed by atoms with Crippen LogP contribution in [0.2, 0.25) is 0 Å². The second-order valence-electron chi connectivity index (χ2n) is 5.77. The number of methoxy groups -OCH3 is 1. The maximum atomic E-state index is 12.7. The van der Waals surface area contributed by atoms with Crippen molar-refractivity contribution in [1.29, 1.82) is 0 Å². The molecule has 0 aliphatic heterocycles. The van der Waals surface area contributed by atoms with Gasteiger partial charge >= 0.3 is 12.8 Å². The van der Waals surface area contributed by atoms with E-state index in [1.54, 1.807) is 24.3 Å². The Balaban J connectivity index is 2.27. The number of rotatable bonds is 16. The highest BCUT2D eigenvalue weighted by Gasteiger charge is 2.29. The molecule has 0 saturated heterocycles. The number of hydrogen-bond donors (Lipinski definition) is 2. The summed E-state index contributed by atoms with van der Waals surface area (Å²) >= 11 is 1.02. The van der Waals surface area contributed by atoms with Gasteiger partial charge in [-0.05, 0) is 42.8 Å². The fraction of sp³-hybridized carbons (Fsp3) is 0.611. The van der Waals surface area contributed by atoms with E-state index >= 15 is 0 Å². The normalized spacial score (nSPS) is 14.4. The average molecular weight is 436 g/mol. The molecule has 1 aromatic rings. The number of unbranched alkanes of at least 4 members (excludes halogenated alkanes) is 2. The third-order valence-electron chi connectivity index (χ3n) is 3.46. The van der Waals surface area contributed by atoms with E-state index in [1.807, 2.05) is 6.07 Å². The Morgan fingerprint density at radius 3 is 2.54 bits per heavy atom. The molecule has 28 heavy (non-hydrogen) atoms. The lowest BCUT2D eigenvalue weighted by atomic mass is 10.2. The molecule has 2 N–H and O–H groups in total. The third kappa shape index (κ3) is 10.6. The van der Waals surface area contributed by atoms with Crippen LogP contribution in [0.15, 0.2) is 30.3 Å². The number of aliphatic hydroxyl groups is 2. The number of esters is 1. The van der Waals surface area contributed by atoms with Crippen LogP contribution < -0.4 is 0 Å². The van der Waals surface area contributed by atoms with Crippen LogP contribution >= 0.6 is 18.2 Å². The molecule has 8 nitrogen and oxygen atoms in total. The molecular weight excluding hydrogens is 407 g/mol. The first-order valence-corrected chi connectivity index (χ1v) is 12.2. The molecule has 160 valence electrons. The van der Waals surface area contributed by atoms with Crippen molar-refractivity contribution in [2.75, 3.05) is 45.9 Å². The molecule has 0 amide bonds. The van der Waals surface area contributed by atoms with Gasteiger partial charge in [0.05, 0.1) is 38.6 Å². The lowest BCUT2D eigenvalue weighted by molar-refractivity contribution is 0.0318. The number of carbonyl (C=O) groups excluding carboxylic acids is 1. The van der Waals surface area contributed by atoms with E-state index in [-0.39, 0.29) is 32.4 Å². The Bertz CT molecular complexity index is 586. The Labute approximate surface area is 169 Å². The minimum atomic E-state index is -3.52. The van der Waals surface area contributed by atoms with Crippen molar-refractivity contribution in [2.24, 2.45) is 0 Å². The van der Waals surface area contributed by atoms with E-state index in [0.29, 0.717) is 24.3 Å². The third-order valence-corrected chi connectivity index (χ3v) is 7.37. The first-order valence-electron chi connectivity index (χ1n) is 9.05. The second kappa shape index (κ2) is 15.0. The maximum Gasteiger partial charge on any atom is 0.389 e. The highest BCUT2D eigenvalue weighted by atomic mass is 32.7. The quantitative estimate of drug-likeness (QED) is 0.229. The van der Waals surface area contributed by atoms with Crippen molar-refractivity contribution in [3.63, 3.8) is 0 Å². The van der Waals surface area contributed by atoms with Gasteiger partial charge in [0, 0.05) is 12.9 Å². The van der Waals surface area contributed by atoms with Gasteiger partial charge in [0.2, 0.25) is 0 Å². The van der Waals surface area contributed by atoms with Crippen LogP contribution in [-0.4, -0.2) is 68.2 Å². The monoisotopic (exact) mass is 436 g/mol. The molecule has 10 heteroatoms. The summed E-state index contributed by atoms with van der Waals surface area (Å²) in [4.78, 5) is 11.8. The van der Waals surface area contributed by atoms with Crippen LogP contribution in [0.25, 0.3) is 0 Å². The van der Waals surface area contributed by atoms with E-state index in [4.69, 9.17) is 23.6 Å². The van der Waals surface area contributed by atoms with Gasteiger partial charge in [-0.1, -0.05) is 18.2 Å². The van der Waals surface area contributed by atoms with Crippen LogP contribution in [0.4, 0.5) is 0 Å². The van der Waals surface area contributed by atoms with Gasteiger partial charge in [-0.15, -0.1) is 0 Å². The summed E-state index contributed by atoms with van der Waals surface area (Å²) < 4.78 is 33.4. The lowest BCUT2D eigenvalue weighted by Gasteiger charge is -2.22. The van der Waals surface area contributed by atoms with Crippen LogP contribution in [0, 0.1) is 0 Å².